The number of benzene rings is 2. The van der Waals surface area contributed by atoms with Crippen molar-refractivity contribution in [2.24, 2.45) is 11.3 Å². The highest BCUT2D eigenvalue weighted by molar-refractivity contribution is 7.12. The number of nitriles is 1. The Bertz CT molecular complexity index is 1390. The van der Waals surface area contributed by atoms with Crippen LogP contribution in [0.25, 0.3) is 11.1 Å². The second-order valence-corrected chi connectivity index (χ2v) is 12.0. The summed E-state index contributed by atoms with van der Waals surface area (Å²) in [5.74, 6) is 0.0739. The van der Waals surface area contributed by atoms with Crippen LogP contribution in [0.3, 0.4) is 0 Å². The molecule has 0 unspecified atom stereocenters. The lowest BCUT2D eigenvalue weighted by Gasteiger charge is -2.57. The summed E-state index contributed by atoms with van der Waals surface area (Å²) in [5, 5.41) is 12.4. The van der Waals surface area contributed by atoms with E-state index in [1.54, 1.807) is 24.3 Å². The number of carbonyl (C=O) groups excluding carboxylic acids is 2. The third kappa shape index (κ3) is 4.60. The van der Waals surface area contributed by atoms with Crippen molar-refractivity contribution in [1.29, 1.82) is 5.26 Å². The highest BCUT2D eigenvalue weighted by Gasteiger charge is 2.54. The molecule has 184 valence electrons. The molecule has 2 aliphatic rings. The van der Waals surface area contributed by atoms with Crippen LogP contribution in [0.15, 0.2) is 42.5 Å². The van der Waals surface area contributed by atoms with Gasteiger partial charge in [0.2, 0.25) is 0 Å². The summed E-state index contributed by atoms with van der Waals surface area (Å²) in [4.78, 5) is 27.0. The van der Waals surface area contributed by atoms with Crippen LogP contribution in [0.2, 0.25) is 0 Å². The van der Waals surface area contributed by atoms with Crippen LogP contribution in [0, 0.1) is 42.3 Å². The van der Waals surface area contributed by atoms with Crippen LogP contribution >= 0.6 is 11.3 Å². The Labute approximate surface area is 215 Å². The zero-order valence-electron chi connectivity index (χ0n) is 20.8. The van der Waals surface area contributed by atoms with Crippen molar-refractivity contribution >= 4 is 23.0 Å². The van der Waals surface area contributed by atoms with Gasteiger partial charge in [0.15, 0.2) is 0 Å². The normalized spacial score (nSPS) is 22.4. The predicted molar refractivity (Wildman–Crippen MR) is 139 cm³/mol. The first-order valence-corrected chi connectivity index (χ1v) is 13.2. The van der Waals surface area contributed by atoms with E-state index in [1.807, 2.05) is 37.3 Å². The zero-order valence-corrected chi connectivity index (χ0v) is 21.6. The Balaban J connectivity index is 1.27. The average molecular weight is 501 g/mol. The van der Waals surface area contributed by atoms with Gasteiger partial charge in [0.25, 0.3) is 5.91 Å². The number of hydrogen-bond acceptors (Lipinski definition) is 4. The monoisotopic (exact) mass is 500 g/mol. The van der Waals surface area contributed by atoms with Crippen LogP contribution in [0.1, 0.15) is 69.4 Å². The first-order chi connectivity index (χ1) is 17.2. The molecule has 36 heavy (non-hydrogen) atoms. The fraction of sp³-hybridized carbons (Fsp3) is 0.367. The molecule has 0 saturated heterocycles. The van der Waals surface area contributed by atoms with Gasteiger partial charge in [-0.05, 0) is 98.7 Å². The number of hydrogen-bond donors (Lipinski definition) is 1. The van der Waals surface area contributed by atoms with Gasteiger partial charge in [0.05, 0.1) is 17.2 Å². The fourth-order valence-corrected chi connectivity index (χ4v) is 7.11. The number of thiophene rings is 1. The summed E-state index contributed by atoms with van der Waals surface area (Å²) in [6, 6.07) is 14.4. The van der Waals surface area contributed by atoms with Crippen LogP contribution in [-0.2, 0) is 11.2 Å². The number of nitrogens with one attached hydrogen (secondary N) is 1. The van der Waals surface area contributed by atoms with Gasteiger partial charge in [-0.3, -0.25) is 9.59 Å². The van der Waals surface area contributed by atoms with E-state index in [9.17, 15) is 14.0 Å². The Morgan fingerprint density at radius 3 is 2.39 bits per heavy atom. The maximum atomic E-state index is 13.9. The van der Waals surface area contributed by atoms with E-state index in [1.165, 1.54) is 12.1 Å². The van der Waals surface area contributed by atoms with E-state index in [2.05, 4.69) is 12.2 Å². The number of aryl methyl sites for hydroxylation is 2. The average Bonchev–Trinajstić information content (AvgIpc) is 3.06. The van der Waals surface area contributed by atoms with Crippen molar-refractivity contribution < 1.29 is 14.0 Å². The molecule has 5 rings (SSSR count). The highest BCUT2D eigenvalue weighted by Crippen LogP contribution is 2.58. The molecule has 0 atom stereocenters. The zero-order chi connectivity index (χ0) is 25.6. The Hall–Kier alpha value is -3.30. The number of amides is 1. The molecule has 2 saturated carbocycles. The molecule has 2 aromatic carbocycles. The molecular formula is C30H29FN2O2S. The Morgan fingerprint density at radius 2 is 1.75 bits per heavy atom. The molecule has 1 N–H and O–H groups in total. The predicted octanol–water partition coefficient (Wildman–Crippen LogP) is 6.51. The van der Waals surface area contributed by atoms with E-state index in [4.69, 9.17) is 5.26 Å². The molecule has 1 heterocycles. The van der Waals surface area contributed by atoms with Crippen LogP contribution in [0.5, 0.6) is 0 Å². The van der Waals surface area contributed by atoms with Crippen molar-refractivity contribution in [2.75, 3.05) is 0 Å². The van der Waals surface area contributed by atoms with Crippen molar-refractivity contribution in [1.82, 2.24) is 5.32 Å². The van der Waals surface area contributed by atoms with E-state index >= 15 is 0 Å². The molecule has 0 radical (unpaired) electrons. The van der Waals surface area contributed by atoms with Gasteiger partial charge in [-0.15, -0.1) is 11.3 Å². The van der Waals surface area contributed by atoms with Gasteiger partial charge in [-0.25, -0.2) is 4.39 Å². The van der Waals surface area contributed by atoms with Crippen molar-refractivity contribution in [2.45, 2.75) is 58.9 Å². The third-order valence-corrected chi connectivity index (χ3v) is 9.00. The molecule has 2 aliphatic carbocycles. The molecule has 0 aliphatic heterocycles. The standard InChI is InChI=1S/C30H29FN2O2S/c1-17(34)24-12-30(13-24)14-26(15-30)33-29(35)28-19(3)36-18(2)27(28)10-20-4-6-22(7-5-20)23-8-21(16-32)9-25(31)11-23/h4-9,11,24,26H,10,12-15H2,1-3H3,(H,33,35). The summed E-state index contributed by atoms with van der Waals surface area (Å²) >= 11 is 1.65. The van der Waals surface area contributed by atoms with Crippen LogP contribution in [-0.4, -0.2) is 17.7 Å². The van der Waals surface area contributed by atoms with Crippen LogP contribution in [0.4, 0.5) is 4.39 Å². The quantitative estimate of drug-likeness (QED) is 0.419. The molecular weight excluding hydrogens is 471 g/mol. The molecule has 0 bridgehead atoms. The largest absolute Gasteiger partial charge is 0.349 e. The van der Waals surface area contributed by atoms with E-state index in [-0.39, 0.29) is 29.1 Å². The molecule has 6 heteroatoms. The van der Waals surface area contributed by atoms with E-state index < -0.39 is 5.82 Å². The van der Waals surface area contributed by atoms with Gasteiger partial charge in [0, 0.05) is 21.7 Å². The Kier molecular flexibility index (Phi) is 6.30. The Morgan fingerprint density at radius 1 is 1.06 bits per heavy atom. The number of rotatable bonds is 6. The molecule has 3 aromatic rings. The number of carbonyl (C=O) groups is 2. The second-order valence-electron chi connectivity index (χ2n) is 10.6. The minimum absolute atomic E-state index is 0.00504. The van der Waals surface area contributed by atoms with Crippen molar-refractivity contribution in [3.8, 4) is 17.2 Å². The SMILES string of the molecule is CC(=O)C1CC2(CC(NC(=O)c3c(C)sc(C)c3Cc3ccc(-c4cc(F)cc(C#N)c4)cc3)C2)C1. The molecule has 2 fully saturated rings. The smallest absolute Gasteiger partial charge is 0.252 e. The summed E-state index contributed by atoms with van der Waals surface area (Å²) in [6.07, 6.45) is 4.52. The van der Waals surface area contributed by atoms with Gasteiger partial charge in [0.1, 0.15) is 11.6 Å². The van der Waals surface area contributed by atoms with E-state index in [0.717, 1.165) is 57.7 Å². The van der Waals surface area contributed by atoms with Gasteiger partial charge < -0.3 is 5.32 Å². The van der Waals surface area contributed by atoms with Crippen molar-refractivity contribution in [3.63, 3.8) is 0 Å². The van der Waals surface area contributed by atoms with Gasteiger partial charge in [-0.1, -0.05) is 24.3 Å². The fourth-order valence-electron chi connectivity index (χ4n) is 6.03. The lowest BCUT2D eigenvalue weighted by Crippen LogP contribution is -2.57. The van der Waals surface area contributed by atoms with E-state index in [0.29, 0.717) is 17.5 Å². The third-order valence-electron chi connectivity index (χ3n) is 7.93. The van der Waals surface area contributed by atoms with Gasteiger partial charge >= 0.3 is 0 Å². The molecule has 4 nitrogen and oxygen atoms in total. The summed E-state index contributed by atoms with van der Waals surface area (Å²) < 4.78 is 13.9. The second kappa shape index (κ2) is 9.29. The lowest BCUT2D eigenvalue weighted by molar-refractivity contribution is -0.134. The summed E-state index contributed by atoms with van der Waals surface area (Å²) in [5.41, 5.74) is 4.97. The number of halogens is 1. The number of nitrogens with zero attached hydrogens (tertiary/aromatic N) is 1. The minimum Gasteiger partial charge on any atom is -0.349 e. The highest BCUT2D eigenvalue weighted by atomic mass is 32.1. The maximum absolute atomic E-state index is 13.9. The van der Waals surface area contributed by atoms with Gasteiger partial charge in [-0.2, -0.15) is 5.26 Å². The van der Waals surface area contributed by atoms with Crippen LogP contribution < -0.4 is 5.32 Å². The lowest BCUT2D eigenvalue weighted by atomic mass is 9.49. The summed E-state index contributed by atoms with van der Waals surface area (Å²) in [6.45, 7) is 5.74. The molecule has 1 spiro atoms. The maximum Gasteiger partial charge on any atom is 0.252 e. The van der Waals surface area contributed by atoms with Crippen molar-refractivity contribution in [3.05, 3.63) is 80.3 Å². The summed E-state index contributed by atoms with van der Waals surface area (Å²) in [7, 11) is 0. The first kappa shape index (κ1) is 24.4. The first-order valence-electron chi connectivity index (χ1n) is 12.4. The number of ketones is 1. The molecule has 1 aromatic heterocycles. The topological polar surface area (TPSA) is 70.0 Å². The molecule has 1 amide bonds. The minimum atomic E-state index is -0.429. The number of Topliss-reactive ketones (excluding diaryl/α,β-unsaturated/α-hetero) is 1.